The van der Waals surface area contributed by atoms with Crippen molar-refractivity contribution < 1.29 is 35.9 Å². The van der Waals surface area contributed by atoms with Gasteiger partial charge in [-0.25, -0.2) is 26.6 Å². The first-order valence-electron chi connectivity index (χ1n) is 11.7. The molecule has 1 N–H and O–H groups in total. The molecule has 1 aromatic heterocycles. The zero-order valence-corrected chi connectivity index (χ0v) is 21.5. The highest BCUT2D eigenvalue weighted by molar-refractivity contribution is 7.91. The highest BCUT2D eigenvalue weighted by Gasteiger charge is 2.36. The molecule has 0 unspecified atom stereocenters. The third-order valence-corrected chi connectivity index (χ3v) is 8.02. The quantitative estimate of drug-likeness (QED) is 0.560. The maximum atomic E-state index is 13.7. The van der Waals surface area contributed by atoms with Gasteiger partial charge in [-0.2, -0.15) is 0 Å². The van der Waals surface area contributed by atoms with Crippen LogP contribution in [0.1, 0.15) is 40.0 Å². The van der Waals surface area contributed by atoms with Crippen molar-refractivity contribution in [1.29, 1.82) is 0 Å². The molecule has 12 heteroatoms. The molecule has 4 heterocycles. The molecule has 0 bridgehead atoms. The molecule has 1 fully saturated rings. The number of nitrogens with one attached hydrogen (secondary N) is 1. The molecular weight excluding hydrogens is 511 g/mol. The van der Waals surface area contributed by atoms with E-state index in [4.69, 9.17) is 9.47 Å². The van der Waals surface area contributed by atoms with E-state index in [0.717, 1.165) is 18.0 Å². The summed E-state index contributed by atoms with van der Waals surface area (Å²) in [5.74, 6) is -4.32. The lowest BCUT2D eigenvalue weighted by atomic mass is 9.93. The summed E-state index contributed by atoms with van der Waals surface area (Å²) in [4.78, 5) is 18.7. The number of halogens is 3. The number of pyridine rings is 1. The second-order valence-electron chi connectivity index (χ2n) is 9.72. The van der Waals surface area contributed by atoms with Gasteiger partial charge >= 0.3 is 0 Å². The lowest BCUT2D eigenvalue weighted by Crippen LogP contribution is -2.51. The third kappa shape index (κ3) is 6.54. The van der Waals surface area contributed by atoms with Gasteiger partial charge in [-0.1, -0.05) is 6.08 Å². The Balaban J connectivity index is 1.51. The molecule has 4 rings (SSSR count). The summed E-state index contributed by atoms with van der Waals surface area (Å²) in [6, 6.07) is 0.915. The standard InChI is InChI=1S/C25H28F3N3O5S/c1-16-20(22(32)30-24(2)8-10-37(33,34)11-9-24)7-5-18-4-6-19(14-31(16)18)36-23-21(12-17(26)13-29-23)35-15-25(3,27)28/h4-6,12-14H,7-11,15H2,1-3H3,(H,30,32). The minimum absolute atomic E-state index is 0.0330. The zero-order chi connectivity index (χ0) is 27.0. The normalized spacial score (nSPS) is 20.5. The largest absolute Gasteiger partial charge is 0.482 e. The van der Waals surface area contributed by atoms with Crippen LogP contribution < -0.4 is 14.8 Å². The van der Waals surface area contributed by atoms with E-state index in [9.17, 15) is 26.4 Å². The third-order valence-electron chi connectivity index (χ3n) is 6.37. The lowest BCUT2D eigenvalue weighted by molar-refractivity contribution is -0.119. The topological polar surface area (TPSA) is 97.8 Å². The Labute approximate surface area is 213 Å². The van der Waals surface area contributed by atoms with Gasteiger partial charge in [0.05, 0.1) is 23.9 Å². The number of alkyl halides is 2. The SMILES string of the molecule is CC1=C(C(=O)NC2(C)CCS(=O)(=O)CC2)CC=C2C=CC(Oc3ncc(F)cc3OCC(C)(F)F)=CN21. The fourth-order valence-corrected chi connectivity index (χ4v) is 5.86. The van der Waals surface area contributed by atoms with E-state index in [1.165, 1.54) is 0 Å². The molecule has 0 spiro atoms. The van der Waals surface area contributed by atoms with Crippen molar-refractivity contribution in [1.82, 2.24) is 15.2 Å². The molecule has 0 atom stereocenters. The Bertz CT molecular complexity index is 1320. The van der Waals surface area contributed by atoms with Gasteiger partial charge in [-0.15, -0.1) is 0 Å². The number of aromatic nitrogens is 1. The Morgan fingerprint density at radius 3 is 2.65 bits per heavy atom. The fourth-order valence-electron chi connectivity index (χ4n) is 4.13. The average Bonchev–Trinajstić information content (AvgIpc) is 2.81. The Morgan fingerprint density at radius 2 is 1.97 bits per heavy atom. The molecule has 3 aliphatic heterocycles. The lowest BCUT2D eigenvalue weighted by Gasteiger charge is -2.36. The van der Waals surface area contributed by atoms with Crippen LogP contribution in [0.4, 0.5) is 13.2 Å². The molecule has 37 heavy (non-hydrogen) atoms. The van der Waals surface area contributed by atoms with E-state index < -0.39 is 33.7 Å². The maximum Gasteiger partial charge on any atom is 0.278 e. The van der Waals surface area contributed by atoms with Gasteiger partial charge in [0.2, 0.25) is 5.91 Å². The summed E-state index contributed by atoms with van der Waals surface area (Å²) in [5, 5.41) is 3.01. The van der Waals surface area contributed by atoms with Crippen LogP contribution in [0.2, 0.25) is 0 Å². The second-order valence-corrected chi connectivity index (χ2v) is 12.0. The summed E-state index contributed by atoms with van der Waals surface area (Å²) in [7, 11) is -3.07. The molecule has 3 aliphatic rings. The van der Waals surface area contributed by atoms with E-state index in [1.807, 2.05) is 13.0 Å². The number of sulfone groups is 1. The highest BCUT2D eigenvalue weighted by Crippen LogP contribution is 2.34. The summed E-state index contributed by atoms with van der Waals surface area (Å²) in [5.41, 5.74) is 1.33. The van der Waals surface area contributed by atoms with Crippen molar-refractivity contribution in [2.45, 2.75) is 51.5 Å². The smallest absolute Gasteiger partial charge is 0.278 e. The number of nitrogens with zero attached hydrogens (tertiary/aromatic N) is 2. The number of rotatable bonds is 7. The summed E-state index contributed by atoms with van der Waals surface area (Å²) < 4.78 is 74.5. The number of carbonyl (C=O) groups is 1. The van der Waals surface area contributed by atoms with Crippen LogP contribution in [0.15, 0.2) is 59.4 Å². The van der Waals surface area contributed by atoms with Crippen molar-refractivity contribution in [3.05, 3.63) is 65.2 Å². The molecular formula is C25H28F3N3O5S. The summed E-state index contributed by atoms with van der Waals surface area (Å²) >= 11 is 0. The molecule has 8 nitrogen and oxygen atoms in total. The van der Waals surface area contributed by atoms with Gasteiger partial charge in [-0.05, 0) is 45.3 Å². The predicted octanol–water partition coefficient (Wildman–Crippen LogP) is 3.99. The Kier molecular flexibility index (Phi) is 7.15. The van der Waals surface area contributed by atoms with Gasteiger partial charge < -0.3 is 19.7 Å². The molecule has 200 valence electrons. The van der Waals surface area contributed by atoms with Crippen LogP contribution in [0.25, 0.3) is 0 Å². The first-order chi connectivity index (χ1) is 17.2. The van der Waals surface area contributed by atoms with E-state index in [1.54, 1.807) is 30.2 Å². The van der Waals surface area contributed by atoms with Crippen LogP contribution >= 0.6 is 0 Å². The van der Waals surface area contributed by atoms with Crippen molar-refractivity contribution in [2.75, 3.05) is 18.1 Å². The monoisotopic (exact) mass is 539 g/mol. The van der Waals surface area contributed by atoms with Gasteiger partial charge in [0, 0.05) is 35.5 Å². The van der Waals surface area contributed by atoms with E-state index >= 15 is 0 Å². The van der Waals surface area contributed by atoms with Gasteiger partial charge in [0.25, 0.3) is 11.8 Å². The minimum atomic E-state index is -3.14. The number of allylic oxidation sites excluding steroid dienone is 4. The van der Waals surface area contributed by atoms with Gasteiger partial charge in [-0.3, -0.25) is 4.79 Å². The summed E-state index contributed by atoms with van der Waals surface area (Å²) in [6.45, 7) is 3.32. The number of fused-ring (bicyclic) bond motifs is 1. The van der Waals surface area contributed by atoms with Crippen LogP contribution in [0, 0.1) is 5.82 Å². The summed E-state index contributed by atoms with van der Waals surface area (Å²) in [6.07, 6.45) is 8.82. The van der Waals surface area contributed by atoms with Gasteiger partial charge in [0.1, 0.15) is 21.4 Å². The molecule has 0 radical (unpaired) electrons. The molecule has 0 aromatic carbocycles. The molecule has 1 saturated heterocycles. The van der Waals surface area contributed by atoms with Crippen LogP contribution in [-0.2, 0) is 14.6 Å². The van der Waals surface area contributed by atoms with E-state index in [2.05, 4.69) is 10.3 Å². The maximum absolute atomic E-state index is 13.7. The molecule has 1 amide bonds. The molecule has 0 aliphatic carbocycles. The van der Waals surface area contributed by atoms with Crippen LogP contribution in [-0.4, -0.2) is 53.8 Å². The predicted molar refractivity (Wildman–Crippen MR) is 130 cm³/mol. The Morgan fingerprint density at radius 1 is 1.27 bits per heavy atom. The first kappa shape index (κ1) is 26.8. The van der Waals surface area contributed by atoms with Crippen molar-refractivity contribution in [2.24, 2.45) is 0 Å². The number of carbonyl (C=O) groups excluding carboxylic acids is 1. The van der Waals surface area contributed by atoms with Crippen LogP contribution in [0.3, 0.4) is 0 Å². The second kappa shape index (κ2) is 9.88. The van der Waals surface area contributed by atoms with Crippen molar-refractivity contribution in [3.8, 4) is 11.6 Å². The van der Waals surface area contributed by atoms with E-state index in [-0.39, 0.29) is 34.8 Å². The number of amides is 1. The first-order valence-corrected chi connectivity index (χ1v) is 13.5. The molecule has 0 saturated carbocycles. The number of ether oxygens (including phenoxy) is 2. The zero-order valence-electron chi connectivity index (χ0n) is 20.7. The number of hydrogen-bond acceptors (Lipinski definition) is 7. The Hall–Kier alpha value is -3.28. The van der Waals surface area contributed by atoms with Crippen LogP contribution in [0.5, 0.6) is 11.6 Å². The van der Waals surface area contributed by atoms with Crippen molar-refractivity contribution in [3.63, 3.8) is 0 Å². The van der Waals surface area contributed by atoms with E-state index in [0.29, 0.717) is 37.5 Å². The highest BCUT2D eigenvalue weighted by atomic mass is 32.2. The fraction of sp³-hybridized carbons (Fsp3) is 0.440. The number of hydrogen-bond donors (Lipinski definition) is 1. The average molecular weight is 540 g/mol. The van der Waals surface area contributed by atoms with Gasteiger partial charge in [0.15, 0.2) is 12.4 Å². The minimum Gasteiger partial charge on any atom is -0.482 e. The molecule has 1 aromatic rings. The van der Waals surface area contributed by atoms with Crippen molar-refractivity contribution >= 4 is 15.7 Å².